The van der Waals surface area contributed by atoms with Gasteiger partial charge in [0.05, 0.1) is 34.6 Å². The Morgan fingerprint density at radius 1 is 1.23 bits per heavy atom. The highest BCUT2D eigenvalue weighted by atomic mass is 32.1. The number of fused-ring (bicyclic) bond motifs is 1. The summed E-state index contributed by atoms with van der Waals surface area (Å²) in [6, 6.07) is 10.4. The van der Waals surface area contributed by atoms with E-state index in [1.54, 1.807) is 31.4 Å². The van der Waals surface area contributed by atoms with Crippen molar-refractivity contribution in [2.75, 3.05) is 25.6 Å². The fraction of sp³-hybridized carbons (Fsp3) is 0.346. The van der Waals surface area contributed by atoms with Crippen molar-refractivity contribution >= 4 is 29.3 Å². The minimum Gasteiger partial charge on any atom is -0.494 e. The molecule has 0 radical (unpaired) electrons. The number of benzene rings is 1. The number of aromatic nitrogens is 1. The SMILES string of the molecule is CCOc1ccc([C@@H]2C(C(=O)OC(C)C)=C(C)N=c3s/c(=C/c4ccc(N(C)C)o4)c(=O)n32)cc1. The molecule has 1 aliphatic heterocycles. The molecule has 35 heavy (non-hydrogen) atoms. The minimum atomic E-state index is -0.677. The van der Waals surface area contributed by atoms with Gasteiger partial charge < -0.3 is 18.8 Å². The molecule has 184 valence electrons. The summed E-state index contributed by atoms with van der Waals surface area (Å²) in [6.45, 7) is 7.81. The molecule has 1 atom stereocenters. The molecule has 3 heterocycles. The van der Waals surface area contributed by atoms with Crippen molar-refractivity contribution in [3.8, 4) is 5.75 Å². The molecule has 9 heteroatoms. The van der Waals surface area contributed by atoms with Gasteiger partial charge in [-0.15, -0.1) is 0 Å². The van der Waals surface area contributed by atoms with Crippen LogP contribution in [0.5, 0.6) is 5.75 Å². The molecule has 2 aromatic heterocycles. The van der Waals surface area contributed by atoms with E-state index in [0.29, 0.717) is 44.6 Å². The van der Waals surface area contributed by atoms with Crippen molar-refractivity contribution in [3.63, 3.8) is 0 Å². The molecular formula is C26H29N3O5S. The number of ether oxygens (including phenoxy) is 2. The Hall–Kier alpha value is -3.59. The monoisotopic (exact) mass is 495 g/mol. The van der Waals surface area contributed by atoms with E-state index in [-0.39, 0.29) is 11.7 Å². The largest absolute Gasteiger partial charge is 0.494 e. The molecule has 1 aliphatic rings. The molecule has 0 spiro atoms. The van der Waals surface area contributed by atoms with Crippen LogP contribution in [0, 0.1) is 0 Å². The van der Waals surface area contributed by atoms with E-state index < -0.39 is 12.0 Å². The number of anilines is 1. The zero-order valence-corrected chi connectivity index (χ0v) is 21.5. The van der Waals surface area contributed by atoms with E-state index in [0.717, 1.165) is 5.56 Å². The Bertz CT molecular complexity index is 1440. The van der Waals surface area contributed by atoms with Crippen LogP contribution >= 0.6 is 11.3 Å². The first-order chi connectivity index (χ1) is 16.7. The summed E-state index contributed by atoms with van der Waals surface area (Å²) >= 11 is 1.26. The molecule has 4 rings (SSSR count). The van der Waals surface area contributed by atoms with Gasteiger partial charge in [0, 0.05) is 26.2 Å². The highest BCUT2D eigenvalue weighted by molar-refractivity contribution is 7.07. The topological polar surface area (TPSA) is 86.3 Å². The van der Waals surface area contributed by atoms with Gasteiger partial charge in [-0.3, -0.25) is 9.36 Å². The lowest BCUT2D eigenvalue weighted by molar-refractivity contribution is -0.143. The molecule has 0 bridgehead atoms. The van der Waals surface area contributed by atoms with Crippen LogP contribution in [-0.2, 0) is 9.53 Å². The predicted octanol–water partition coefficient (Wildman–Crippen LogP) is 3.24. The summed E-state index contributed by atoms with van der Waals surface area (Å²) in [5, 5.41) is 0. The van der Waals surface area contributed by atoms with Crippen LogP contribution in [0.4, 0.5) is 5.88 Å². The summed E-state index contributed by atoms with van der Waals surface area (Å²) in [5.41, 5.74) is 1.38. The average molecular weight is 496 g/mol. The fourth-order valence-electron chi connectivity index (χ4n) is 3.88. The zero-order chi connectivity index (χ0) is 25.3. The van der Waals surface area contributed by atoms with E-state index in [1.807, 2.05) is 62.3 Å². The molecular weight excluding hydrogens is 466 g/mol. The normalized spacial score (nSPS) is 15.7. The minimum absolute atomic E-state index is 0.252. The van der Waals surface area contributed by atoms with Gasteiger partial charge in [-0.25, -0.2) is 9.79 Å². The Kier molecular flexibility index (Phi) is 6.98. The zero-order valence-electron chi connectivity index (χ0n) is 20.7. The van der Waals surface area contributed by atoms with Crippen LogP contribution in [0.2, 0.25) is 0 Å². The van der Waals surface area contributed by atoms with Gasteiger partial charge in [0.2, 0.25) is 0 Å². The second-order valence-corrected chi connectivity index (χ2v) is 9.62. The molecule has 0 saturated heterocycles. The molecule has 0 fully saturated rings. The molecule has 1 aromatic carbocycles. The first kappa shape index (κ1) is 24.5. The van der Waals surface area contributed by atoms with Crippen molar-refractivity contribution in [1.29, 1.82) is 0 Å². The fourth-order valence-corrected chi connectivity index (χ4v) is 4.90. The van der Waals surface area contributed by atoms with Gasteiger partial charge in [0.25, 0.3) is 5.56 Å². The van der Waals surface area contributed by atoms with E-state index in [1.165, 1.54) is 11.3 Å². The average Bonchev–Trinajstić information content (AvgIpc) is 3.38. The van der Waals surface area contributed by atoms with E-state index in [9.17, 15) is 9.59 Å². The lowest BCUT2D eigenvalue weighted by atomic mass is 9.96. The highest BCUT2D eigenvalue weighted by Crippen LogP contribution is 2.32. The maximum Gasteiger partial charge on any atom is 0.338 e. The maximum atomic E-state index is 13.6. The van der Waals surface area contributed by atoms with Gasteiger partial charge in [0.15, 0.2) is 10.7 Å². The van der Waals surface area contributed by atoms with Crippen LogP contribution in [0.3, 0.4) is 0 Å². The van der Waals surface area contributed by atoms with Crippen molar-refractivity contribution < 1.29 is 18.7 Å². The number of allylic oxidation sites excluding steroid dienone is 1. The van der Waals surface area contributed by atoms with Gasteiger partial charge in [-0.2, -0.15) is 0 Å². The van der Waals surface area contributed by atoms with E-state index >= 15 is 0 Å². The van der Waals surface area contributed by atoms with E-state index in [2.05, 4.69) is 4.99 Å². The van der Waals surface area contributed by atoms with Gasteiger partial charge >= 0.3 is 5.97 Å². The first-order valence-corrected chi connectivity index (χ1v) is 12.2. The molecule has 0 N–H and O–H groups in total. The molecule has 3 aromatic rings. The van der Waals surface area contributed by atoms with Crippen molar-refractivity contribution in [3.05, 3.63) is 78.7 Å². The lowest BCUT2D eigenvalue weighted by Gasteiger charge is -2.25. The third-order valence-electron chi connectivity index (χ3n) is 5.42. The number of hydrogen-bond acceptors (Lipinski definition) is 8. The van der Waals surface area contributed by atoms with Crippen LogP contribution in [0.1, 0.15) is 45.1 Å². The molecule has 0 amide bonds. The molecule has 0 aliphatic carbocycles. The van der Waals surface area contributed by atoms with Gasteiger partial charge in [-0.05, 0) is 51.5 Å². The van der Waals surface area contributed by atoms with Gasteiger partial charge in [-0.1, -0.05) is 23.5 Å². The van der Waals surface area contributed by atoms with Crippen LogP contribution < -0.4 is 24.5 Å². The summed E-state index contributed by atoms with van der Waals surface area (Å²) in [6.07, 6.45) is 1.40. The number of rotatable bonds is 7. The Labute approximate surface area is 207 Å². The van der Waals surface area contributed by atoms with Crippen molar-refractivity contribution in [1.82, 2.24) is 4.57 Å². The number of carbonyl (C=O) groups is 1. The van der Waals surface area contributed by atoms with Crippen LogP contribution in [0.25, 0.3) is 6.08 Å². The Balaban J connectivity index is 1.88. The van der Waals surface area contributed by atoms with Crippen molar-refractivity contribution in [2.24, 2.45) is 4.99 Å². The van der Waals surface area contributed by atoms with Crippen molar-refractivity contribution in [2.45, 2.75) is 39.8 Å². The number of nitrogens with zero attached hydrogens (tertiary/aromatic N) is 3. The molecule has 8 nitrogen and oxygen atoms in total. The predicted molar refractivity (Wildman–Crippen MR) is 136 cm³/mol. The van der Waals surface area contributed by atoms with Crippen LogP contribution in [0.15, 0.2) is 61.9 Å². The number of thiazole rings is 1. The third-order valence-corrected chi connectivity index (χ3v) is 6.40. The summed E-state index contributed by atoms with van der Waals surface area (Å²) in [7, 11) is 3.77. The number of hydrogen-bond donors (Lipinski definition) is 0. The quantitative estimate of drug-likeness (QED) is 0.468. The standard InChI is InChI=1S/C26H29N3O5S/c1-7-32-18-10-8-17(9-11-18)23-22(25(31)33-15(2)3)16(4)27-26-29(23)24(30)20(35-26)14-19-12-13-21(34-19)28(5)6/h8-15,23H,7H2,1-6H3/b20-14+/t23-/m1/s1. The second kappa shape index (κ2) is 9.95. The third kappa shape index (κ3) is 4.95. The van der Waals surface area contributed by atoms with E-state index in [4.69, 9.17) is 13.9 Å². The smallest absolute Gasteiger partial charge is 0.338 e. The highest BCUT2D eigenvalue weighted by Gasteiger charge is 2.33. The summed E-state index contributed by atoms with van der Waals surface area (Å²) in [4.78, 5) is 33.8. The van der Waals surface area contributed by atoms with Gasteiger partial charge in [0.1, 0.15) is 11.5 Å². The lowest BCUT2D eigenvalue weighted by Crippen LogP contribution is -2.40. The number of esters is 1. The summed E-state index contributed by atoms with van der Waals surface area (Å²) in [5.74, 6) is 1.47. The first-order valence-electron chi connectivity index (χ1n) is 11.4. The number of furan rings is 1. The van der Waals surface area contributed by atoms with Crippen LogP contribution in [-0.4, -0.2) is 37.3 Å². The number of carbonyl (C=O) groups excluding carboxylic acids is 1. The summed E-state index contributed by atoms with van der Waals surface area (Å²) < 4.78 is 18.9. The Morgan fingerprint density at radius 3 is 2.54 bits per heavy atom. The molecule has 0 saturated carbocycles. The molecule has 0 unspecified atom stereocenters. The second-order valence-electron chi connectivity index (χ2n) is 8.61. The maximum absolute atomic E-state index is 13.6. The Morgan fingerprint density at radius 2 is 1.94 bits per heavy atom.